The van der Waals surface area contributed by atoms with Gasteiger partial charge in [-0.1, -0.05) is 0 Å². The SMILES string of the molecule is COC(=O)C(N)CCSCC(=O)NC1CCOCC1. The topological polar surface area (TPSA) is 90.7 Å². The third-order valence-corrected chi connectivity index (χ3v) is 3.89. The Labute approximate surface area is 117 Å². The van der Waals surface area contributed by atoms with Gasteiger partial charge in [0.25, 0.3) is 0 Å². The average Bonchev–Trinajstić information content (AvgIpc) is 2.43. The number of hydrogen-bond acceptors (Lipinski definition) is 6. The number of esters is 1. The first-order chi connectivity index (χ1) is 9.13. The van der Waals surface area contributed by atoms with Crippen LogP contribution < -0.4 is 11.1 Å². The van der Waals surface area contributed by atoms with Crippen LogP contribution in [0.4, 0.5) is 0 Å². The lowest BCUT2D eigenvalue weighted by atomic mass is 10.1. The van der Waals surface area contributed by atoms with Crippen LogP contribution in [0.15, 0.2) is 0 Å². The van der Waals surface area contributed by atoms with Gasteiger partial charge in [0.2, 0.25) is 5.91 Å². The van der Waals surface area contributed by atoms with E-state index >= 15 is 0 Å². The number of rotatable bonds is 7. The first kappa shape index (κ1) is 16.3. The molecule has 7 heteroatoms. The molecule has 0 saturated carbocycles. The van der Waals surface area contributed by atoms with Crippen LogP contribution in [0.2, 0.25) is 0 Å². The summed E-state index contributed by atoms with van der Waals surface area (Å²) in [5.74, 6) is 0.679. The molecule has 6 nitrogen and oxygen atoms in total. The Bertz CT molecular complexity index is 295. The average molecular weight is 290 g/mol. The summed E-state index contributed by atoms with van der Waals surface area (Å²) in [6, 6.07) is -0.366. The largest absolute Gasteiger partial charge is 0.468 e. The lowest BCUT2D eigenvalue weighted by Crippen LogP contribution is -2.39. The third-order valence-electron chi connectivity index (χ3n) is 2.90. The Hall–Kier alpha value is -0.790. The summed E-state index contributed by atoms with van der Waals surface area (Å²) in [5, 5.41) is 2.98. The van der Waals surface area contributed by atoms with E-state index in [0.717, 1.165) is 12.8 Å². The Balaban J connectivity index is 2.05. The van der Waals surface area contributed by atoms with Crippen molar-refractivity contribution in [2.24, 2.45) is 5.73 Å². The summed E-state index contributed by atoms with van der Waals surface area (Å²) in [6.07, 6.45) is 2.27. The van der Waals surface area contributed by atoms with E-state index < -0.39 is 12.0 Å². The van der Waals surface area contributed by atoms with E-state index in [1.165, 1.54) is 18.9 Å². The zero-order valence-corrected chi connectivity index (χ0v) is 12.0. The van der Waals surface area contributed by atoms with E-state index in [4.69, 9.17) is 10.5 Å². The van der Waals surface area contributed by atoms with E-state index in [2.05, 4.69) is 10.1 Å². The number of thioether (sulfide) groups is 1. The number of ether oxygens (including phenoxy) is 2. The van der Waals surface area contributed by atoms with E-state index in [9.17, 15) is 9.59 Å². The minimum Gasteiger partial charge on any atom is -0.468 e. The van der Waals surface area contributed by atoms with Crippen LogP contribution in [-0.4, -0.2) is 55.8 Å². The smallest absolute Gasteiger partial charge is 0.322 e. The molecule has 1 saturated heterocycles. The summed E-state index contributed by atoms with van der Waals surface area (Å²) in [5.41, 5.74) is 5.59. The van der Waals surface area contributed by atoms with Crippen molar-refractivity contribution in [2.75, 3.05) is 31.8 Å². The highest BCUT2D eigenvalue weighted by Gasteiger charge is 2.16. The fourth-order valence-electron chi connectivity index (χ4n) is 1.76. The maximum atomic E-state index is 11.7. The van der Waals surface area contributed by atoms with Crippen LogP contribution in [0, 0.1) is 0 Å². The number of methoxy groups -OCH3 is 1. The Morgan fingerprint density at radius 2 is 2.16 bits per heavy atom. The number of nitrogens with two attached hydrogens (primary N) is 1. The van der Waals surface area contributed by atoms with E-state index in [0.29, 0.717) is 31.1 Å². The van der Waals surface area contributed by atoms with Gasteiger partial charge < -0.3 is 20.5 Å². The summed E-state index contributed by atoms with van der Waals surface area (Å²) in [6.45, 7) is 1.43. The molecule has 1 fully saturated rings. The molecular weight excluding hydrogens is 268 g/mol. The molecule has 3 N–H and O–H groups in total. The second-order valence-corrected chi connectivity index (χ2v) is 5.53. The molecule has 1 unspecified atom stereocenters. The van der Waals surface area contributed by atoms with Crippen LogP contribution in [0.1, 0.15) is 19.3 Å². The number of nitrogens with one attached hydrogen (secondary N) is 1. The minimum atomic E-state index is -0.601. The normalized spacial score (nSPS) is 17.8. The van der Waals surface area contributed by atoms with Crippen LogP contribution >= 0.6 is 11.8 Å². The second kappa shape index (κ2) is 9.17. The maximum Gasteiger partial charge on any atom is 0.322 e. The zero-order valence-electron chi connectivity index (χ0n) is 11.2. The van der Waals surface area contributed by atoms with Crippen molar-refractivity contribution < 1.29 is 19.1 Å². The fourth-order valence-corrected chi connectivity index (χ4v) is 2.59. The highest BCUT2D eigenvalue weighted by molar-refractivity contribution is 7.99. The molecule has 0 spiro atoms. The molecule has 0 bridgehead atoms. The molecule has 0 aromatic heterocycles. The van der Waals surface area contributed by atoms with Gasteiger partial charge in [0.1, 0.15) is 6.04 Å². The van der Waals surface area contributed by atoms with Gasteiger partial charge in [-0.15, -0.1) is 0 Å². The molecule has 0 aromatic carbocycles. The Morgan fingerprint density at radius 1 is 1.47 bits per heavy atom. The molecule has 110 valence electrons. The maximum absolute atomic E-state index is 11.7. The van der Waals surface area contributed by atoms with Gasteiger partial charge in [0.05, 0.1) is 12.9 Å². The van der Waals surface area contributed by atoms with E-state index in [1.807, 2.05) is 0 Å². The molecular formula is C12H22N2O4S. The summed E-state index contributed by atoms with van der Waals surface area (Å²) < 4.78 is 9.75. The molecule has 0 radical (unpaired) electrons. The number of carbonyl (C=O) groups excluding carboxylic acids is 2. The highest BCUT2D eigenvalue weighted by atomic mass is 32.2. The first-order valence-electron chi connectivity index (χ1n) is 6.41. The van der Waals surface area contributed by atoms with Crippen LogP contribution in [0.3, 0.4) is 0 Å². The lowest BCUT2D eigenvalue weighted by molar-refractivity contribution is -0.142. The van der Waals surface area contributed by atoms with Gasteiger partial charge in [-0.25, -0.2) is 0 Å². The molecule has 1 aliphatic heterocycles. The van der Waals surface area contributed by atoms with Gasteiger partial charge in [-0.05, 0) is 25.0 Å². The molecule has 1 atom stereocenters. The molecule has 1 heterocycles. The number of carbonyl (C=O) groups is 2. The molecule has 1 rings (SSSR count). The van der Waals surface area contributed by atoms with Gasteiger partial charge in [0, 0.05) is 19.3 Å². The summed E-state index contributed by atoms with van der Waals surface area (Å²) in [4.78, 5) is 22.7. The lowest BCUT2D eigenvalue weighted by Gasteiger charge is -2.23. The predicted octanol–water partition coefficient (Wildman–Crippen LogP) is -0.0948. The summed E-state index contributed by atoms with van der Waals surface area (Å²) >= 11 is 1.48. The molecule has 0 aromatic rings. The standard InChI is InChI=1S/C12H22N2O4S/c1-17-12(16)10(13)4-7-19-8-11(15)14-9-2-5-18-6-3-9/h9-10H,2-8,13H2,1H3,(H,14,15). The van der Waals surface area contributed by atoms with Gasteiger partial charge in [0.15, 0.2) is 0 Å². The van der Waals surface area contributed by atoms with Crippen molar-refractivity contribution in [1.29, 1.82) is 0 Å². The molecule has 19 heavy (non-hydrogen) atoms. The fraction of sp³-hybridized carbons (Fsp3) is 0.833. The van der Waals surface area contributed by atoms with Crippen molar-refractivity contribution in [2.45, 2.75) is 31.3 Å². The predicted molar refractivity (Wildman–Crippen MR) is 73.9 cm³/mol. The molecule has 1 aliphatic rings. The number of hydrogen-bond donors (Lipinski definition) is 2. The van der Waals surface area contributed by atoms with E-state index in [1.54, 1.807) is 0 Å². The van der Waals surface area contributed by atoms with Crippen LogP contribution in [0.5, 0.6) is 0 Å². The van der Waals surface area contributed by atoms with E-state index in [-0.39, 0.29) is 11.9 Å². The summed E-state index contributed by atoms with van der Waals surface area (Å²) in [7, 11) is 1.32. The Morgan fingerprint density at radius 3 is 2.79 bits per heavy atom. The quantitative estimate of drug-likeness (QED) is 0.503. The third kappa shape index (κ3) is 6.79. The van der Waals surface area contributed by atoms with Crippen molar-refractivity contribution in [3.05, 3.63) is 0 Å². The minimum absolute atomic E-state index is 0.0311. The van der Waals surface area contributed by atoms with Crippen LogP contribution in [-0.2, 0) is 19.1 Å². The highest BCUT2D eigenvalue weighted by Crippen LogP contribution is 2.08. The monoisotopic (exact) mass is 290 g/mol. The van der Waals surface area contributed by atoms with Crippen molar-refractivity contribution >= 4 is 23.6 Å². The molecule has 0 aliphatic carbocycles. The van der Waals surface area contributed by atoms with Gasteiger partial charge in [-0.3, -0.25) is 9.59 Å². The number of amides is 1. The Kier molecular flexibility index (Phi) is 7.85. The first-order valence-corrected chi connectivity index (χ1v) is 7.57. The van der Waals surface area contributed by atoms with Gasteiger partial charge >= 0.3 is 5.97 Å². The van der Waals surface area contributed by atoms with Crippen LogP contribution in [0.25, 0.3) is 0 Å². The van der Waals surface area contributed by atoms with Crippen molar-refractivity contribution in [3.63, 3.8) is 0 Å². The second-order valence-electron chi connectivity index (χ2n) is 4.43. The molecule has 1 amide bonds. The van der Waals surface area contributed by atoms with Crippen molar-refractivity contribution in [3.8, 4) is 0 Å². The van der Waals surface area contributed by atoms with Crippen molar-refractivity contribution in [1.82, 2.24) is 5.32 Å². The van der Waals surface area contributed by atoms with Gasteiger partial charge in [-0.2, -0.15) is 11.8 Å². The zero-order chi connectivity index (χ0) is 14.1.